The molecule has 0 unspecified atom stereocenters. The van der Waals surface area contributed by atoms with E-state index in [1.807, 2.05) is 0 Å². The summed E-state index contributed by atoms with van der Waals surface area (Å²) in [6.07, 6.45) is 1.41. The molecule has 0 aliphatic carbocycles. The van der Waals surface area contributed by atoms with Crippen LogP contribution < -0.4 is 10.6 Å². The van der Waals surface area contributed by atoms with Crippen molar-refractivity contribution in [2.45, 2.75) is 26.7 Å². The van der Waals surface area contributed by atoms with Crippen molar-refractivity contribution in [3.05, 3.63) is 5.01 Å². The number of carbonyl (C=O) groups excluding carboxylic acids is 1. The van der Waals surface area contributed by atoms with Gasteiger partial charge in [-0.1, -0.05) is 25.2 Å². The van der Waals surface area contributed by atoms with E-state index in [0.29, 0.717) is 24.0 Å². The second kappa shape index (κ2) is 7.18. The zero-order valence-corrected chi connectivity index (χ0v) is 10.9. The number of amides is 2. The molecule has 0 saturated heterocycles. The highest BCUT2D eigenvalue weighted by Crippen LogP contribution is 2.17. The molecule has 0 saturated carbocycles. The summed E-state index contributed by atoms with van der Waals surface area (Å²) < 4.78 is 0. The van der Waals surface area contributed by atoms with Crippen LogP contribution in [-0.4, -0.2) is 34.5 Å². The number of hydrogen-bond acceptors (Lipinski definition) is 5. The third kappa shape index (κ3) is 5.60. The Kier molecular flexibility index (Phi) is 5.85. The Morgan fingerprint density at radius 2 is 2.24 bits per heavy atom. The number of aromatic nitrogens is 2. The van der Waals surface area contributed by atoms with Crippen molar-refractivity contribution in [1.82, 2.24) is 15.5 Å². The van der Waals surface area contributed by atoms with Gasteiger partial charge in [0.2, 0.25) is 5.13 Å². The summed E-state index contributed by atoms with van der Waals surface area (Å²) in [7, 11) is 0. The van der Waals surface area contributed by atoms with Crippen molar-refractivity contribution in [3.8, 4) is 0 Å². The molecular weight excluding hydrogens is 240 g/mol. The summed E-state index contributed by atoms with van der Waals surface area (Å²) in [4.78, 5) is 11.4. The lowest BCUT2D eigenvalue weighted by Crippen LogP contribution is -2.29. The molecule has 17 heavy (non-hydrogen) atoms. The van der Waals surface area contributed by atoms with Crippen LogP contribution in [0.3, 0.4) is 0 Å². The number of nitrogens with one attached hydrogen (secondary N) is 2. The van der Waals surface area contributed by atoms with Gasteiger partial charge in [-0.05, 0) is 12.3 Å². The zero-order valence-electron chi connectivity index (χ0n) is 10.1. The quantitative estimate of drug-likeness (QED) is 0.670. The Hall–Kier alpha value is -1.21. The van der Waals surface area contributed by atoms with Crippen LogP contribution in [-0.2, 0) is 6.42 Å². The average Bonchev–Trinajstić information content (AvgIpc) is 2.64. The Morgan fingerprint density at radius 1 is 1.47 bits per heavy atom. The number of anilines is 1. The van der Waals surface area contributed by atoms with Gasteiger partial charge in [-0.15, -0.1) is 10.2 Å². The number of rotatable bonds is 6. The number of urea groups is 1. The topological polar surface area (TPSA) is 87.1 Å². The van der Waals surface area contributed by atoms with E-state index in [0.717, 1.165) is 11.4 Å². The van der Waals surface area contributed by atoms with Crippen LogP contribution in [0.15, 0.2) is 0 Å². The average molecular weight is 258 g/mol. The van der Waals surface area contributed by atoms with Crippen molar-refractivity contribution >= 4 is 22.5 Å². The molecule has 0 atom stereocenters. The van der Waals surface area contributed by atoms with E-state index >= 15 is 0 Å². The van der Waals surface area contributed by atoms with Crippen molar-refractivity contribution in [2.24, 2.45) is 5.92 Å². The molecule has 0 aromatic carbocycles. The molecule has 3 N–H and O–H groups in total. The molecular formula is C10H18N4O2S. The Bertz CT molecular complexity index is 354. The van der Waals surface area contributed by atoms with E-state index in [2.05, 4.69) is 34.7 Å². The van der Waals surface area contributed by atoms with E-state index in [9.17, 15) is 4.79 Å². The van der Waals surface area contributed by atoms with Gasteiger partial charge in [-0.3, -0.25) is 5.32 Å². The first-order valence-corrected chi connectivity index (χ1v) is 6.41. The number of aliphatic hydroxyl groups excluding tert-OH is 1. The number of nitrogens with zero attached hydrogens (tertiary/aromatic N) is 2. The highest BCUT2D eigenvalue weighted by atomic mass is 32.1. The second-order valence-corrected chi connectivity index (χ2v) is 5.12. The highest BCUT2D eigenvalue weighted by Gasteiger charge is 2.08. The van der Waals surface area contributed by atoms with Gasteiger partial charge < -0.3 is 10.4 Å². The van der Waals surface area contributed by atoms with E-state index < -0.39 is 0 Å². The van der Waals surface area contributed by atoms with Crippen molar-refractivity contribution in [2.75, 3.05) is 18.5 Å². The summed E-state index contributed by atoms with van der Waals surface area (Å²) in [5, 5.41) is 23.1. The van der Waals surface area contributed by atoms with Crippen LogP contribution in [0.2, 0.25) is 0 Å². The van der Waals surface area contributed by atoms with Gasteiger partial charge in [0.15, 0.2) is 0 Å². The van der Waals surface area contributed by atoms with E-state index in [1.165, 1.54) is 11.3 Å². The minimum Gasteiger partial charge on any atom is -0.396 e. The molecule has 1 rings (SSSR count). The third-order valence-corrected chi connectivity index (χ3v) is 2.75. The maximum atomic E-state index is 11.4. The molecule has 1 aromatic rings. The Morgan fingerprint density at radius 3 is 2.88 bits per heavy atom. The molecule has 6 nitrogen and oxygen atoms in total. The molecule has 0 bridgehead atoms. The molecule has 0 fully saturated rings. The van der Waals surface area contributed by atoms with Crippen molar-refractivity contribution < 1.29 is 9.90 Å². The van der Waals surface area contributed by atoms with Gasteiger partial charge in [0.25, 0.3) is 0 Å². The predicted octanol–water partition coefficient (Wildman–Crippen LogP) is 1.24. The summed E-state index contributed by atoms with van der Waals surface area (Å²) in [5.74, 6) is 0.522. The van der Waals surface area contributed by atoms with Crippen LogP contribution in [0, 0.1) is 5.92 Å². The van der Waals surface area contributed by atoms with Crippen molar-refractivity contribution in [1.29, 1.82) is 0 Å². The van der Waals surface area contributed by atoms with Crippen LogP contribution in [0.1, 0.15) is 25.3 Å². The van der Waals surface area contributed by atoms with Gasteiger partial charge in [-0.2, -0.15) is 0 Å². The molecule has 1 heterocycles. The first-order valence-electron chi connectivity index (χ1n) is 5.60. The first-order chi connectivity index (χ1) is 8.11. The predicted molar refractivity (Wildman–Crippen MR) is 67.2 cm³/mol. The highest BCUT2D eigenvalue weighted by molar-refractivity contribution is 7.15. The smallest absolute Gasteiger partial charge is 0.321 e. The summed E-state index contributed by atoms with van der Waals surface area (Å²) in [6, 6.07) is -0.314. The summed E-state index contributed by atoms with van der Waals surface area (Å²) >= 11 is 1.39. The fraction of sp³-hybridized carbons (Fsp3) is 0.700. The monoisotopic (exact) mass is 258 g/mol. The van der Waals surface area contributed by atoms with Gasteiger partial charge in [-0.25, -0.2) is 4.79 Å². The fourth-order valence-corrected chi connectivity index (χ4v) is 2.11. The number of hydrogen-bond donors (Lipinski definition) is 3. The molecule has 96 valence electrons. The molecule has 0 spiro atoms. The SMILES string of the molecule is CC(C)Cc1nnc(NC(=O)NCCCO)s1. The summed E-state index contributed by atoms with van der Waals surface area (Å²) in [5.41, 5.74) is 0. The zero-order chi connectivity index (χ0) is 12.7. The van der Waals surface area contributed by atoms with Gasteiger partial charge in [0.1, 0.15) is 5.01 Å². The largest absolute Gasteiger partial charge is 0.396 e. The molecule has 1 aromatic heterocycles. The van der Waals surface area contributed by atoms with Crippen LogP contribution in [0.25, 0.3) is 0 Å². The Labute approximate surface area is 104 Å². The van der Waals surface area contributed by atoms with Gasteiger partial charge in [0.05, 0.1) is 0 Å². The molecule has 0 aliphatic rings. The maximum absolute atomic E-state index is 11.4. The van der Waals surface area contributed by atoms with E-state index in [4.69, 9.17) is 5.11 Å². The standard InChI is InChI=1S/C10H18N4O2S/c1-7(2)6-8-13-14-10(17-8)12-9(16)11-4-3-5-15/h7,15H,3-6H2,1-2H3,(H2,11,12,14,16). The second-order valence-electron chi connectivity index (χ2n) is 4.06. The molecule has 0 aliphatic heterocycles. The maximum Gasteiger partial charge on any atom is 0.321 e. The Balaban J connectivity index is 2.35. The van der Waals surface area contributed by atoms with Gasteiger partial charge in [0, 0.05) is 19.6 Å². The lowest BCUT2D eigenvalue weighted by Gasteiger charge is -2.02. The normalized spacial score (nSPS) is 10.6. The first kappa shape index (κ1) is 13.9. The number of carbonyl (C=O) groups is 1. The van der Waals surface area contributed by atoms with Crippen LogP contribution in [0.4, 0.5) is 9.93 Å². The lowest BCUT2D eigenvalue weighted by atomic mass is 10.1. The molecule has 7 heteroatoms. The minimum absolute atomic E-state index is 0.0671. The van der Waals surface area contributed by atoms with Gasteiger partial charge >= 0.3 is 6.03 Å². The van der Waals surface area contributed by atoms with Crippen LogP contribution in [0.5, 0.6) is 0 Å². The molecule has 2 amide bonds. The summed E-state index contributed by atoms with van der Waals surface area (Å²) in [6.45, 7) is 4.73. The minimum atomic E-state index is -0.314. The van der Waals surface area contributed by atoms with E-state index in [-0.39, 0.29) is 12.6 Å². The number of aliphatic hydroxyl groups is 1. The lowest BCUT2D eigenvalue weighted by molar-refractivity contribution is 0.249. The van der Waals surface area contributed by atoms with Crippen molar-refractivity contribution in [3.63, 3.8) is 0 Å². The third-order valence-electron chi connectivity index (χ3n) is 1.89. The van der Waals surface area contributed by atoms with Crippen LogP contribution >= 0.6 is 11.3 Å². The van der Waals surface area contributed by atoms with E-state index in [1.54, 1.807) is 0 Å². The molecule has 0 radical (unpaired) electrons. The fourth-order valence-electron chi connectivity index (χ4n) is 1.16.